The normalized spacial score (nSPS) is 16.6. The standard InChI is InChI=1S/C18H20O.C10H22.C3H6.CH2O/c1-13-7-11-16(12-8-13)19-18-14(2)9-10-15-5-3-4-6-17(15)18;1-4-7-9-10(6-3)8-5-2;1-3-2;1-2/h3-8,11-12,14,18H,9-10H2,1-2H3;10H,4-9H2,1-3H3;3H,1H2,2H3;1H2/t14?,18-;10-;;/m10../s1. The van der Waals surface area contributed by atoms with Gasteiger partial charge in [0, 0.05) is 0 Å². The van der Waals surface area contributed by atoms with E-state index in [4.69, 9.17) is 9.53 Å². The molecular formula is C32H50O2. The van der Waals surface area contributed by atoms with E-state index in [0.717, 1.165) is 11.7 Å². The maximum absolute atomic E-state index is 8.00. The first-order valence-corrected chi connectivity index (χ1v) is 13.2. The summed E-state index contributed by atoms with van der Waals surface area (Å²) in [6, 6.07) is 17.0. The van der Waals surface area contributed by atoms with Gasteiger partial charge in [-0.15, -0.1) is 6.58 Å². The van der Waals surface area contributed by atoms with Gasteiger partial charge >= 0.3 is 0 Å². The topological polar surface area (TPSA) is 26.3 Å². The summed E-state index contributed by atoms with van der Waals surface area (Å²) in [4.78, 5) is 8.00. The number of aryl methyl sites for hydroxylation is 2. The highest BCUT2D eigenvalue weighted by molar-refractivity contribution is 5.34. The molecule has 3 atom stereocenters. The lowest BCUT2D eigenvalue weighted by Crippen LogP contribution is -2.23. The van der Waals surface area contributed by atoms with Gasteiger partial charge in [0.1, 0.15) is 18.6 Å². The molecule has 0 aliphatic heterocycles. The predicted octanol–water partition coefficient (Wildman–Crippen LogP) is 9.71. The molecule has 0 N–H and O–H groups in total. The number of fused-ring (bicyclic) bond motifs is 1. The van der Waals surface area contributed by atoms with E-state index in [1.165, 1.54) is 68.1 Å². The Kier molecular flexibility index (Phi) is 18.7. The van der Waals surface area contributed by atoms with Gasteiger partial charge in [-0.05, 0) is 61.8 Å². The number of ether oxygens (including phenoxy) is 1. The van der Waals surface area contributed by atoms with Gasteiger partial charge in [0.15, 0.2) is 0 Å². The third kappa shape index (κ3) is 12.2. The first-order chi connectivity index (χ1) is 16.5. The Morgan fingerprint density at radius 1 is 1.00 bits per heavy atom. The molecule has 0 saturated carbocycles. The van der Waals surface area contributed by atoms with E-state index in [2.05, 4.69) is 89.7 Å². The minimum atomic E-state index is 0.188. The third-order valence-electron chi connectivity index (χ3n) is 6.27. The number of unbranched alkanes of at least 4 members (excludes halogenated alkanes) is 1. The number of allylic oxidation sites excluding steroid dienone is 1. The number of hydrogen-bond donors (Lipinski definition) is 0. The zero-order valence-electron chi connectivity index (χ0n) is 22.8. The fourth-order valence-electron chi connectivity index (χ4n) is 4.28. The van der Waals surface area contributed by atoms with Crippen LogP contribution in [0.2, 0.25) is 0 Å². The van der Waals surface area contributed by atoms with Crippen LogP contribution >= 0.6 is 0 Å². The molecule has 2 heteroatoms. The second kappa shape index (κ2) is 20.1. The van der Waals surface area contributed by atoms with Crippen molar-refractivity contribution >= 4 is 6.79 Å². The van der Waals surface area contributed by atoms with Crippen molar-refractivity contribution in [3.05, 3.63) is 77.9 Å². The lowest BCUT2D eigenvalue weighted by molar-refractivity contribution is -0.0979. The second-order valence-electron chi connectivity index (χ2n) is 9.18. The van der Waals surface area contributed by atoms with E-state index >= 15 is 0 Å². The Bertz CT molecular complexity index is 750. The van der Waals surface area contributed by atoms with Crippen molar-refractivity contribution in [3.63, 3.8) is 0 Å². The largest absolute Gasteiger partial charge is 0.485 e. The summed E-state index contributed by atoms with van der Waals surface area (Å²) >= 11 is 0. The fraction of sp³-hybridized carbons (Fsp3) is 0.531. The van der Waals surface area contributed by atoms with Crippen molar-refractivity contribution in [1.29, 1.82) is 0 Å². The van der Waals surface area contributed by atoms with Gasteiger partial charge in [0.2, 0.25) is 0 Å². The predicted molar refractivity (Wildman–Crippen MR) is 150 cm³/mol. The molecule has 0 bridgehead atoms. The zero-order chi connectivity index (χ0) is 25.8. The van der Waals surface area contributed by atoms with E-state index in [1.54, 1.807) is 6.08 Å². The van der Waals surface area contributed by atoms with Crippen LogP contribution in [0, 0.1) is 18.8 Å². The maximum Gasteiger partial charge on any atom is 0.127 e. The van der Waals surface area contributed by atoms with Crippen LogP contribution in [-0.4, -0.2) is 6.79 Å². The zero-order valence-corrected chi connectivity index (χ0v) is 22.8. The molecule has 2 nitrogen and oxygen atoms in total. The van der Waals surface area contributed by atoms with Gasteiger partial charge in [0.25, 0.3) is 0 Å². The Labute approximate surface area is 210 Å². The molecule has 0 saturated heterocycles. The molecule has 1 aliphatic rings. The Hall–Kier alpha value is -2.35. The van der Waals surface area contributed by atoms with Crippen molar-refractivity contribution in [2.24, 2.45) is 11.8 Å². The van der Waals surface area contributed by atoms with Crippen LogP contribution in [0.15, 0.2) is 61.2 Å². The Morgan fingerprint density at radius 3 is 2.18 bits per heavy atom. The quantitative estimate of drug-likeness (QED) is 0.362. The van der Waals surface area contributed by atoms with E-state index < -0.39 is 0 Å². The number of carbonyl (C=O) groups is 1. The SMILES string of the molecule is C=CC.C=O.CCCC[C@@H](CC)CCC.Cc1ccc(O[C@H]2c3ccccc3CCC2C)cc1. The smallest absolute Gasteiger partial charge is 0.127 e. The lowest BCUT2D eigenvalue weighted by Gasteiger charge is -2.31. The molecule has 0 spiro atoms. The molecule has 0 aromatic heterocycles. The van der Waals surface area contributed by atoms with Crippen molar-refractivity contribution in [1.82, 2.24) is 0 Å². The highest BCUT2D eigenvalue weighted by atomic mass is 16.5. The van der Waals surface area contributed by atoms with Crippen molar-refractivity contribution in [2.75, 3.05) is 0 Å². The summed E-state index contributed by atoms with van der Waals surface area (Å²) in [5, 5.41) is 0. The van der Waals surface area contributed by atoms with E-state index in [9.17, 15) is 0 Å². The summed E-state index contributed by atoms with van der Waals surface area (Å²) in [5.74, 6) is 2.56. The van der Waals surface area contributed by atoms with E-state index in [0.29, 0.717) is 5.92 Å². The second-order valence-corrected chi connectivity index (χ2v) is 9.18. The third-order valence-corrected chi connectivity index (χ3v) is 6.27. The number of benzene rings is 2. The molecular weight excluding hydrogens is 416 g/mol. The number of rotatable bonds is 8. The highest BCUT2D eigenvalue weighted by Gasteiger charge is 2.27. The minimum Gasteiger partial charge on any atom is -0.485 e. The van der Waals surface area contributed by atoms with Gasteiger partial charge in [-0.3, -0.25) is 0 Å². The van der Waals surface area contributed by atoms with Gasteiger partial charge < -0.3 is 9.53 Å². The van der Waals surface area contributed by atoms with Crippen molar-refractivity contribution in [2.45, 2.75) is 99.0 Å². The van der Waals surface area contributed by atoms with Gasteiger partial charge in [-0.25, -0.2) is 0 Å². The molecule has 1 unspecified atom stereocenters. The number of carbonyl (C=O) groups excluding carboxylic acids is 1. The maximum atomic E-state index is 8.00. The van der Waals surface area contributed by atoms with Crippen LogP contribution in [0.1, 0.15) is 102 Å². The summed E-state index contributed by atoms with van der Waals surface area (Å²) in [6.45, 7) is 18.5. The fourth-order valence-corrected chi connectivity index (χ4v) is 4.28. The summed E-state index contributed by atoms with van der Waals surface area (Å²) < 4.78 is 6.25. The van der Waals surface area contributed by atoms with Gasteiger partial charge in [-0.2, -0.15) is 0 Å². The van der Waals surface area contributed by atoms with Crippen LogP contribution in [0.4, 0.5) is 0 Å². The Morgan fingerprint density at radius 2 is 1.62 bits per heavy atom. The summed E-state index contributed by atoms with van der Waals surface area (Å²) in [6.07, 6.45) is 12.7. The first-order valence-electron chi connectivity index (χ1n) is 13.2. The molecule has 0 radical (unpaired) electrons. The van der Waals surface area contributed by atoms with Gasteiger partial charge in [0.05, 0.1) is 0 Å². The highest BCUT2D eigenvalue weighted by Crippen LogP contribution is 2.37. The lowest BCUT2D eigenvalue weighted by atomic mass is 9.82. The molecule has 0 heterocycles. The van der Waals surface area contributed by atoms with Crippen molar-refractivity contribution < 1.29 is 9.53 Å². The molecule has 2 aromatic carbocycles. The average Bonchev–Trinajstić information content (AvgIpc) is 2.87. The molecule has 34 heavy (non-hydrogen) atoms. The number of hydrogen-bond acceptors (Lipinski definition) is 2. The van der Waals surface area contributed by atoms with E-state index in [-0.39, 0.29) is 6.10 Å². The monoisotopic (exact) mass is 466 g/mol. The van der Waals surface area contributed by atoms with Gasteiger partial charge in [-0.1, -0.05) is 114 Å². The summed E-state index contributed by atoms with van der Waals surface area (Å²) in [5.41, 5.74) is 4.07. The van der Waals surface area contributed by atoms with Crippen LogP contribution in [0.25, 0.3) is 0 Å². The first kappa shape index (κ1) is 31.6. The molecule has 2 aromatic rings. The molecule has 190 valence electrons. The Balaban J connectivity index is 0.000000617. The van der Waals surface area contributed by atoms with Crippen LogP contribution < -0.4 is 4.74 Å². The van der Waals surface area contributed by atoms with Crippen LogP contribution in [-0.2, 0) is 11.2 Å². The average molecular weight is 467 g/mol. The molecule has 0 fully saturated rings. The molecule has 0 amide bonds. The molecule has 1 aliphatic carbocycles. The minimum absolute atomic E-state index is 0.188. The van der Waals surface area contributed by atoms with E-state index in [1.807, 2.05) is 13.7 Å². The molecule has 3 rings (SSSR count). The van der Waals surface area contributed by atoms with Crippen molar-refractivity contribution in [3.8, 4) is 5.75 Å². The van der Waals surface area contributed by atoms with Crippen LogP contribution in [0.5, 0.6) is 5.75 Å². The van der Waals surface area contributed by atoms with Crippen LogP contribution in [0.3, 0.4) is 0 Å². The summed E-state index contributed by atoms with van der Waals surface area (Å²) in [7, 11) is 0.